The molecule has 0 unspecified atom stereocenters. The number of hydrogen-bond donors (Lipinski definition) is 1. The van der Waals surface area contributed by atoms with Gasteiger partial charge >= 0.3 is 0 Å². The normalized spacial score (nSPS) is 10.8. The second kappa shape index (κ2) is 4.42. The molecule has 0 fully saturated rings. The summed E-state index contributed by atoms with van der Waals surface area (Å²) < 4.78 is 0. The predicted octanol–water partition coefficient (Wildman–Crippen LogP) is 3.85. The second-order valence-corrected chi connectivity index (χ2v) is 4.50. The number of phenols is 1. The van der Waals surface area contributed by atoms with E-state index in [2.05, 4.69) is 0 Å². The summed E-state index contributed by atoms with van der Waals surface area (Å²) in [4.78, 5) is 11.7. The first kappa shape index (κ1) is 12.3. The van der Waals surface area contributed by atoms with E-state index in [4.69, 9.17) is 23.2 Å². The summed E-state index contributed by atoms with van der Waals surface area (Å²) in [5, 5.41) is 10.1. The Bertz CT molecular complexity index is 412. The Kier molecular flexibility index (Phi) is 3.63. The number of rotatable bonds is 2. The first-order valence-corrected chi connectivity index (χ1v) is 5.33. The van der Waals surface area contributed by atoms with Crippen molar-refractivity contribution in [3.05, 3.63) is 27.2 Å². The van der Waals surface area contributed by atoms with Crippen LogP contribution >= 0.6 is 23.2 Å². The van der Waals surface area contributed by atoms with E-state index in [1.165, 1.54) is 6.07 Å². The zero-order chi connectivity index (χ0) is 11.7. The highest BCUT2D eigenvalue weighted by molar-refractivity contribution is 6.37. The minimum Gasteiger partial charge on any atom is -0.506 e. The van der Waals surface area contributed by atoms with Crippen LogP contribution in [0.2, 0.25) is 10.0 Å². The van der Waals surface area contributed by atoms with E-state index < -0.39 is 0 Å². The molecule has 82 valence electrons. The Morgan fingerprint density at radius 2 is 1.93 bits per heavy atom. The molecule has 1 rings (SSSR count). The summed E-state index contributed by atoms with van der Waals surface area (Å²) in [6.45, 7) is 5.18. The number of Topliss-reactive ketones (excluding diaryl/α,β-unsaturated/α-hetero) is 1. The summed E-state index contributed by atoms with van der Waals surface area (Å²) >= 11 is 11.7. The lowest BCUT2D eigenvalue weighted by molar-refractivity contribution is 0.0939. The van der Waals surface area contributed by atoms with Gasteiger partial charge in [0.1, 0.15) is 5.75 Å². The van der Waals surface area contributed by atoms with Crippen LogP contribution < -0.4 is 0 Å². The molecule has 2 nitrogen and oxygen atoms in total. The highest BCUT2D eigenvalue weighted by atomic mass is 35.5. The first-order valence-electron chi connectivity index (χ1n) is 4.58. The fraction of sp³-hybridized carbons (Fsp3) is 0.364. The average Bonchev–Trinajstić information content (AvgIpc) is 2.19. The molecule has 0 amide bonds. The van der Waals surface area contributed by atoms with Crippen LogP contribution in [0.5, 0.6) is 5.75 Å². The molecule has 0 aliphatic heterocycles. The Balaban J connectivity index is 3.39. The fourth-order valence-corrected chi connectivity index (χ4v) is 1.68. The third kappa shape index (κ3) is 2.27. The van der Waals surface area contributed by atoms with Crippen molar-refractivity contribution in [2.75, 3.05) is 0 Å². The lowest BCUT2D eigenvalue weighted by Crippen LogP contribution is -2.08. The summed E-state index contributed by atoms with van der Waals surface area (Å²) in [6, 6.07) is 1.50. The van der Waals surface area contributed by atoms with E-state index in [0.29, 0.717) is 10.6 Å². The molecule has 0 bridgehead atoms. The molecule has 4 heteroatoms. The van der Waals surface area contributed by atoms with E-state index in [1.807, 2.05) is 0 Å². The number of phenolic OH excluding ortho intramolecular Hbond substituents is 1. The smallest absolute Gasteiger partial charge is 0.167 e. The van der Waals surface area contributed by atoms with Gasteiger partial charge in [0, 0.05) is 22.1 Å². The van der Waals surface area contributed by atoms with Gasteiger partial charge in [-0.15, -0.1) is 0 Å². The van der Waals surface area contributed by atoms with Gasteiger partial charge in [0.2, 0.25) is 0 Å². The average molecular weight is 247 g/mol. The Hall–Kier alpha value is -0.730. The van der Waals surface area contributed by atoms with Crippen molar-refractivity contribution in [2.45, 2.75) is 20.8 Å². The molecule has 0 saturated carbocycles. The van der Waals surface area contributed by atoms with Crippen molar-refractivity contribution in [2.24, 2.45) is 5.92 Å². The van der Waals surface area contributed by atoms with Crippen LogP contribution in [-0.2, 0) is 0 Å². The number of carbonyl (C=O) groups excluding carboxylic acids is 1. The van der Waals surface area contributed by atoms with E-state index >= 15 is 0 Å². The maximum absolute atomic E-state index is 11.7. The lowest BCUT2D eigenvalue weighted by atomic mass is 9.99. The van der Waals surface area contributed by atoms with Crippen LogP contribution in [0.1, 0.15) is 29.8 Å². The first-order chi connectivity index (χ1) is 6.86. The van der Waals surface area contributed by atoms with Gasteiger partial charge in [-0.25, -0.2) is 0 Å². The summed E-state index contributed by atoms with van der Waals surface area (Å²) in [7, 11) is 0. The summed E-state index contributed by atoms with van der Waals surface area (Å²) in [5.41, 5.74) is 0.765. The van der Waals surface area contributed by atoms with Gasteiger partial charge in [-0.05, 0) is 13.0 Å². The molecule has 0 radical (unpaired) electrons. The van der Waals surface area contributed by atoms with Gasteiger partial charge in [0.05, 0.1) is 5.02 Å². The van der Waals surface area contributed by atoms with Crippen LogP contribution in [0.25, 0.3) is 0 Å². The van der Waals surface area contributed by atoms with Crippen molar-refractivity contribution in [3.8, 4) is 5.75 Å². The Labute approximate surface area is 98.8 Å². The van der Waals surface area contributed by atoms with E-state index in [1.54, 1.807) is 20.8 Å². The second-order valence-electron chi connectivity index (χ2n) is 3.71. The summed E-state index contributed by atoms with van der Waals surface area (Å²) in [6.07, 6.45) is 0. The fourth-order valence-electron chi connectivity index (χ4n) is 1.19. The predicted molar refractivity (Wildman–Crippen MR) is 62.0 cm³/mol. The largest absolute Gasteiger partial charge is 0.506 e. The Morgan fingerprint density at radius 1 is 1.40 bits per heavy atom. The van der Waals surface area contributed by atoms with Crippen molar-refractivity contribution >= 4 is 29.0 Å². The number of hydrogen-bond acceptors (Lipinski definition) is 2. The highest BCUT2D eigenvalue weighted by Gasteiger charge is 2.19. The number of carbonyl (C=O) groups is 1. The Morgan fingerprint density at radius 3 is 2.40 bits per heavy atom. The lowest BCUT2D eigenvalue weighted by Gasteiger charge is -2.11. The number of ketones is 1. The van der Waals surface area contributed by atoms with Gasteiger partial charge < -0.3 is 5.11 Å². The molecule has 0 aliphatic carbocycles. The molecule has 0 saturated heterocycles. The third-order valence-corrected chi connectivity index (χ3v) is 2.99. The third-order valence-electron chi connectivity index (χ3n) is 2.22. The van der Waals surface area contributed by atoms with Crippen molar-refractivity contribution in [1.82, 2.24) is 0 Å². The standard InChI is InChI=1S/C11H12Cl2O2/c1-5(2)10(14)7-4-8(12)6(3)11(15)9(7)13/h4-5,15H,1-3H3. The monoisotopic (exact) mass is 246 g/mol. The molecule has 0 aliphatic rings. The zero-order valence-electron chi connectivity index (χ0n) is 8.77. The zero-order valence-corrected chi connectivity index (χ0v) is 10.3. The minimum absolute atomic E-state index is 0.0793. The van der Waals surface area contributed by atoms with Gasteiger partial charge in [0.15, 0.2) is 5.78 Å². The quantitative estimate of drug-likeness (QED) is 0.806. The molecule has 0 spiro atoms. The topological polar surface area (TPSA) is 37.3 Å². The molecular formula is C11H12Cl2O2. The SMILES string of the molecule is Cc1c(Cl)cc(C(=O)C(C)C)c(Cl)c1O. The van der Waals surface area contributed by atoms with Crippen LogP contribution in [0.4, 0.5) is 0 Å². The van der Waals surface area contributed by atoms with E-state index in [0.717, 1.165) is 0 Å². The minimum atomic E-state index is -0.180. The molecule has 1 N–H and O–H groups in total. The van der Waals surface area contributed by atoms with Crippen molar-refractivity contribution in [1.29, 1.82) is 0 Å². The molecular weight excluding hydrogens is 235 g/mol. The van der Waals surface area contributed by atoms with E-state index in [9.17, 15) is 9.90 Å². The summed E-state index contributed by atoms with van der Waals surface area (Å²) in [5.74, 6) is -0.425. The van der Waals surface area contributed by atoms with E-state index in [-0.39, 0.29) is 28.0 Å². The number of aromatic hydroxyl groups is 1. The highest BCUT2D eigenvalue weighted by Crippen LogP contribution is 2.36. The molecule has 1 aromatic rings. The molecule has 0 aromatic heterocycles. The molecule has 1 aromatic carbocycles. The maximum Gasteiger partial charge on any atom is 0.167 e. The van der Waals surface area contributed by atoms with Crippen LogP contribution in [0.15, 0.2) is 6.07 Å². The van der Waals surface area contributed by atoms with Crippen molar-refractivity contribution < 1.29 is 9.90 Å². The maximum atomic E-state index is 11.7. The number of benzene rings is 1. The molecule has 0 atom stereocenters. The van der Waals surface area contributed by atoms with Crippen LogP contribution in [0.3, 0.4) is 0 Å². The molecule has 15 heavy (non-hydrogen) atoms. The van der Waals surface area contributed by atoms with Gasteiger partial charge in [0.25, 0.3) is 0 Å². The van der Waals surface area contributed by atoms with Crippen LogP contribution in [0, 0.1) is 12.8 Å². The van der Waals surface area contributed by atoms with Gasteiger partial charge in [-0.3, -0.25) is 4.79 Å². The van der Waals surface area contributed by atoms with Gasteiger partial charge in [-0.2, -0.15) is 0 Å². The van der Waals surface area contributed by atoms with Gasteiger partial charge in [-0.1, -0.05) is 37.0 Å². The van der Waals surface area contributed by atoms with Crippen LogP contribution in [-0.4, -0.2) is 10.9 Å². The van der Waals surface area contributed by atoms with Crippen molar-refractivity contribution in [3.63, 3.8) is 0 Å². The molecule has 0 heterocycles. The number of halogens is 2.